The summed E-state index contributed by atoms with van der Waals surface area (Å²) >= 11 is 1.81. The topological polar surface area (TPSA) is 40.1 Å². The third kappa shape index (κ3) is 4.91. The van der Waals surface area contributed by atoms with Gasteiger partial charge in [0.1, 0.15) is 5.75 Å². The molecule has 1 N–H and O–H groups in total. The zero-order valence-electron chi connectivity index (χ0n) is 15.6. The van der Waals surface area contributed by atoms with Gasteiger partial charge in [-0.2, -0.15) is 0 Å². The fraction of sp³-hybridized carbons (Fsp3) is 0.450. The lowest BCUT2D eigenvalue weighted by molar-refractivity contribution is 0.372. The van der Waals surface area contributed by atoms with E-state index in [1.54, 1.807) is 18.4 Å². The summed E-state index contributed by atoms with van der Waals surface area (Å²) in [6, 6.07) is 12.6. The van der Waals surface area contributed by atoms with E-state index in [0.717, 1.165) is 57.4 Å². The molecule has 1 saturated heterocycles. The maximum absolute atomic E-state index is 5.25. The lowest BCUT2D eigenvalue weighted by atomic mass is 10.2. The number of nitrogens with one attached hydrogen (secondary N) is 1. The molecule has 1 fully saturated rings. The van der Waals surface area contributed by atoms with E-state index in [4.69, 9.17) is 9.73 Å². The number of hydrogen-bond donors (Lipinski definition) is 1. The van der Waals surface area contributed by atoms with Gasteiger partial charge in [0.25, 0.3) is 0 Å². The lowest BCUT2D eigenvalue weighted by Gasteiger charge is -2.37. The van der Waals surface area contributed by atoms with Gasteiger partial charge in [-0.15, -0.1) is 11.3 Å². The van der Waals surface area contributed by atoms with Crippen molar-refractivity contribution in [2.75, 3.05) is 51.3 Å². The Kier molecular flexibility index (Phi) is 6.77. The quantitative estimate of drug-likeness (QED) is 0.625. The van der Waals surface area contributed by atoms with Crippen molar-refractivity contribution in [1.82, 2.24) is 10.2 Å². The van der Waals surface area contributed by atoms with E-state index < -0.39 is 0 Å². The van der Waals surface area contributed by atoms with E-state index >= 15 is 0 Å². The molecule has 1 aliphatic heterocycles. The van der Waals surface area contributed by atoms with Crippen LogP contribution in [0.25, 0.3) is 0 Å². The number of methoxy groups -OCH3 is 1. The molecule has 26 heavy (non-hydrogen) atoms. The zero-order chi connectivity index (χ0) is 18.2. The lowest BCUT2D eigenvalue weighted by Crippen LogP contribution is -2.52. The fourth-order valence-corrected chi connectivity index (χ4v) is 3.82. The molecule has 0 spiro atoms. The largest absolute Gasteiger partial charge is 0.497 e. The summed E-state index contributed by atoms with van der Waals surface area (Å²) in [5, 5.41) is 5.57. The van der Waals surface area contributed by atoms with Crippen LogP contribution in [0.5, 0.6) is 5.75 Å². The second-order valence-electron chi connectivity index (χ2n) is 6.24. The highest BCUT2D eigenvalue weighted by atomic mass is 32.1. The van der Waals surface area contributed by atoms with Gasteiger partial charge in [-0.3, -0.25) is 4.99 Å². The average Bonchev–Trinajstić information content (AvgIpc) is 3.21. The summed E-state index contributed by atoms with van der Waals surface area (Å²) < 4.78 is 5.25. The van der Waals surface area contributed by atoms with Crippen molar-refractivity contribution < 1.29 is 4.74 Å². The molecular weight excluding hydrogens is 344 g/mol. The number of guanidine groups is 1. The van der Waals surface area contributed by atoms with Gasteiger partial charge in [0.15, 0.2) is 5.96 Å². The van der Waals surface area contributed by atoms with Gasteiger partial charge in [-0.05, 0) is 42.6 Å². The van der Waals surface area contributed by atoms with E-state index in [1.807, 2.05) is 12.1 Å². The molecule has 0 radical (unpaired) electrons. The van der Waals surface area contributed by atoms with E-state index in [2.05, 4.69) is 51.7 Å². The van der Waals surface area contributed by atoms with Crippen LogP contribution < -0.4 is 15.0 Å². The van der Waals surface area contributed by atoms with Crippen molar-refractivity contribution in [3.63, 3.8) is 0 Å². The standard InChI is InChI=1S/C20H28N4OS/c1-3-21-20(22-11-10-19-5-4-16-26-19)24-14-12-23(13-15-24)17-6-8-18(25-2)9-7-17/h4-9,16H,3,10-15H2,1-2H3,(H,21,22). The summed E-state index contributed by atoms with van der Waals surface area (Å²) in [5.41, 5.74) is 1.25. The number of hydrogen-bond acceptors (Lipinski definition) is 4. The highest BCUT2D eigenvalue weighted by Gasteiger charge is 2.19. The zero-order valence-corrected chi connectivity index (χ0v) is 16.5. The Bertz CT molecular complexity index is 676. The molecule has 0 saturated carbocycles. The van der Waals surface area contributed by atoms with Crippen LogP contribution in [-0.2, 0) is 6.42 Å². The minimum atomic E-state index is 0.835. The van der Waals surface area contributed by atoms with Gasteiger partial charge in [0, 0.05) is 56.3 Å². The summed E-state index contributed by atoms with van der Waals surface area (Å²) in [6.07, 6.45) is 1.01. The smallest absolute Gasteiger partial charge is 0.194 e. The summed E-state index contributed by atoms with van der Waals surface area (Å²) in [5.74, 6) is 1.94. The van der Waals surface area contributed by atoms with Crippen molar-refractivity contribution in [2.45, 2.75) is 13.3 Å². The first-order valence-corrected chi connectivity index (χ1v) is 10.1. The van der Waals surface area contributed by atoms with Gasteiger partial charge in [0.05, 0.1) is 7.11 Å². The SMILES string of the molecule is CCNC(=NCCc1cccs1)N1CCN(c2ccc(OC)cc2)CC1. The first-order chi connectivity index (χ1) is 12.8. The predicted molar refractivity (Wildman–Crippen MR) is 111 cm³/mol. The molecule has 1 aromatic heterocycles. The molecule has 6 heteroatoms. The Morgan fingerprint density at radius 3 is 2.54 bits per heavy atom. The Morgan fingerprint density at radius 1 is 1.15 bits per heavy atom. The van der Waals surface area contributed by atoms with Crippen LogP contribution in [-0.4, -0.2) is 57.2 Å². The molecule has 0 aliphatic carbocycles. The number of rotatable bonds is 6. The van der Waals surface area contributed by atoms with Crippen molar-refractivity contribution >= 4 is 23.0 Å². The minimum absolute atomic E-state index is 0.835. The monoisotopic (exact) mass is 372 g/mol. The average molecular weight is 373 g/mol. The maximum atomic E-state index is 5.25. The molecule has 2 aromatic rings. The number of anilines is 1. The Hall–Kier alpha value is -2.21. The molecule has 0 amide bonds. The summed E-state index contributed by atoms with van der Waals surface area (Å²) in [4.78, 5) is 11.0. The first-order valence-electron chi connectivity index (χ1n) is 9.25. The van der Waals surface area contributed by atoms with Gasteiger partial charge in [0.2, 0.25) is 0 Å². The van der Waals surface area contributed by atoms with Crippen molar-refractivity contribution in [3.8, 4) is 5.75 Å². The van der Waals surface area contributed by atoms with Crippen LogP contribution in [0.2, 0.25) is 0 Å². The Balaban J connectivity index is 1.54. The van der Waals surface area contributed by atoms with E-state index in [9.17, 15) is 0 Å². The highest BCUT2D eigenvalue weighted by Crippen LogP contribution is 2.20. The molecule has 140 valence electrons. The fourth-order valence-electron chi connectivity index (χ4n) is 3.12. The maximum Gasteiger partial charge on any atom is 0.194 e. The van der Waals surface area contributed by atoms with Crippen LogP contribution in [0.15, 0.2) is 46.8 Å². The van der Waals surface area contributed by atoms with Crippen molar-refractivity contribution in [1.29, 1.82) is 0 Å². The van der Waals surface area contributed by atoms with Gasteiger partial charge >= 0.3 is 0 Å². The summed E-state index contributed by atoms with van der Waals surface area (Å²) in [6.45, 7) is 7.83. The van der Waals surface area contributed by atoms with Gasteiger partial charge in [-0.25, -0.2) is 0 Å². The molecule has 0 unspecified atom stereocenters. The molecular formula is C20H28N4OS. The Morgan fingerprint density at radius 2 is 1.92 bits per heavy atom. The number of ether oxygens (including phenoxy) is 1. The second kappa shape index (κ2) is 9.48. The van der Waals surface area contributed by atoms with E-state index in [0.29, 0.717) is 0 Å². The van der Waals surface area contributed by atoms with Gasteiger partial charge < -0.3 is 19.9 Å². The van der Waals surface area contributed by atoms with Crippen LogP contribution in [0.3, 0.4) is 0 Å². The van der Waals surface area contributed by atoms with Gasteiger partial charge in [-0.1, -0.05) is 6.07 Å². The van der Waals surface area contributed by atoms with Crippen molar-refractivity contribution in [3.05, 3.63) is 46.7 Å². The number of piperazine rings is 1. The van der Waals surface area contributed by atoms with E-state index in [-0.39, 0.29) is 0 Å². The van der Waals surface area contributed by atoms with Crippen LogP contribution in [0.4, 0.5) is 5.69 Å². The Labute approximate surface area is 160 Å². The molecule has 0 atom stereocenters. The predicted octanol–water partition coefficient (Wildman–Crippen LogP) is 3.09. The molecule has 3 rings (SSSR count). The third-order valence-electron chi connectivity index (χ3n) is 4.55. The second-order valence-corrected chi connectivity index (χ2v) is 7.27. The normalized spacial score (nSPS) is 15.2. The first kappa shape index (κ1) is 18.6. The molecule has 0 bridgehead atoms. The number of benzene rings is 1. The minimum Gasteiger partial charge on any atom is -0.497 e. The molecule has 1 aromatic carbocycles. The van der Waals surface area contributed by atoms with Crippen LogP contribution in [0.1, 0.15) is 11.8 Å². The van der Waals surface area contributed by atoms with Crippen LogP contribution in [0, 0.1) is 0 Å². The van der Waals surface area contributed by atoms with E-state index in [1.165, 1.54) is 10.6 Å². The van der Waals surface area contributed by atoms with Crippen molar-refractivity contribution in [2.24, 2.45) is 4.99 Å². The highest BCUT2D eigenvalue weighted by molar-refractivity contribution is 7.09. The summed E-state index contributed by atoms with van der Waals surface area (Å²) in [7, 11) is 1.70. The third-order valence-corrected chi connectivity index (χ3v) is 5.49. The number of aliphatic imine (C=N–C) groups is 1. The number of nitrogens with zero attached hydrogens (tertiary/aromatic N) is 3. The molecule has 2 heterocycles. The van der Waals surface area contributed by atoms with Crippen LogP contribution >= 0.6 is 11.3 Å². The molecule has 1 aliphatic rings. The molecule has 5 nitrogen and oxygen atoms in total. The number of thiophene rings is 1.